The predicted octanol–water partition coefficient (Wildman–Crippen LogP) is 3.29. The van der Waals surface area contributed by atoms with E-state index in [-0.39, 0.29) is 0 Å². The van der Waals surface area contributed by atoms with Gasteiger partial charge in [0, 0.05) is 18.8 Å². The first kappa shape index (κ1) is 10.4. The highest BCUT2D eigenvalue weighted by Crippen LogP contribution is 2.31. The Labute approximate surface area is 103 Å². The second-order valence-electron chi connectivity index (χ2n) is 4.79. The summed E-state index contributed by atoms with van der Waals surface area (Å²) in [7, 11) is 2.21. The fourth-order valence-corrected chi connectivity index (χ4v) is 2.71. The Morgan fingerprint density at radius 2 is 1.71 bits per heavy atom. The minimum absolute atomic E-state index is 0.606. The van der Waals surface area contributed by atoms with E-state index in [1.54, 1.807) is 0 Å². The zero-order valence-corrected chi connectivity index (χ0v) is 10.1. The van der Waals surface area contributed by atoms with Gasteiger partial charge in [0.2, 0.25) is 0 Å². The molecule has 0 saturated heterocycles. The lowest BCUT2D eigenvalue weighted by molar-refractivity contribution is 0.661. The van der Waals surface area contributed by atoms with Gasteiger partial charge in [-0.2, -0.15) is 0 Å². The van der Waals surface area contributed by atoms with Crippen LogP contribution in [0.1, 0.15) is 11.1 Å². The molecular weight excluding hydrogens is 206 g/mol. The maximum absolute atomic E-state index is 2.42. The van der Waals surface area contributed by atoms with Crippen LogP contribution in [0, 0.1) is 0 Å². The van der Waals surface area contributed by atoms with E-state index < -0.39 is 0 Å². The van der Waals surface area contributed by atoms with Gasteiger partial charge in [-0.3, -0.25) is 0 Å². The van der Waals surface area contributed by atoms with E-state index in [1.165, 1.54) is 23.2 Å². The number of nitrogens with zero attached hydrogens (tertiary/aromatic N) is 1. The van der Waals surface area contributed by atoms with E-state index in [9.17, 15) is 0 Å². The summed E-state index contributed by atoms with van der Waals surface area (Å²) in [5, 5.41) is 0. The molecule has 0 amide bonds. The standard InChI is InChI=1S/C16H17N/c1-17-15(11-13-7-3-2-4-8-13)12-14-9-5-6-10-16(14)17/h2-10,15H,11-12H2,1H3. The Balaban J connectivity index is 1.81. The molecule has 2 aromatic rings. The van der Waals surface area contributed by atoms with Crippen LogP contribution in [0.2, 0.25) is 0 Å². The van der Waals surface area contributed by atoms with Crippen LogP contribution in [0.3, 0.4) is 0 Å². The molecule has 1 aliphatic rings. The SMILES string of the molecule is CN1c2ccccc2CC1Cc1ccccc1. The number of rotatable bonds is 2. The van der Waals surface area contributed by atoms with Gasteiger partial charge in [-0.15, -0.1) is 0 Å². The van der Waals surface area contributed by atoms with E-state index in [4.69, 9.17) is 0 Å². The minimum Gasteiger partial charge on any atom is -0.371 e. The van der Waals surface area contributed by atoms with Crippen molar-refractivity contribution >= 4 is 5.69 Å². The van der Waals surface area contributed by atoms with Gasteiger partial charge in [-0.1, -0.05) is 48.5 Å². The molecule has 0 aromatic heterocycles. The average molecular weight is 223 g/mol. The third-order valence-electron chi connectivity index (χ3n) is 3.69. The molecule has 0 N–H and O–H groups in total. The Morgan fingerprint density at radius 3 is 2.47 bits per heavy atom. The summed E-state index contributed by atoms with van der Waals surface area (Å²) in [5.74, 6) is 0. The van der Waals surface area contributed by atoms with Crippen molar-refractivity contribution in [1.29, 1.82) is 0 Å². The van der Waals surface area contributed by atoms with Crippen molar-refractivity contribution in [2.45, 2.75) is 18.9 Å². The van der Waals surface area contributed by atoms with Crippen molar-refractivity contribution in [3.8, 4) is 0 Å². The van der Waals surface area contributed by atoms with E-state index in [2.05, 4.69) is 66.5 Å². The van der Waals surface area contributed by atoms with Crippen molar-refractivity contribution in [1.82, 2.24) is 0 Å². The number of benzene rings is 2. The molecule has 0 spiro atoms. The highest BCUT2D eigenvalue weighted by atomic mass is 15.2. The molecule has 1 unspecified atom stereocenters. The van der Waals surface area contributed by atoms with E-state index in [0.29, 0.717) is 6.04 Å². The van der Waals surface area contributed by atoms with Crippen LogP contribution in [0.15, 0.2) is 54.6 Å². The van der Waals surface area contributed by atoms with Crippen LogP contribution in [-0.2, 0) is 12.8 Å². The van der Waals surface area contributed by atoms with E-state index >= 15 is 0 Å². The predicted molar refractivity (Wildman–Crippen MR) is 72.5 cm³/mol. The molecule has 1 heteroatoms. The fraction of sp³-hybridized carbons (Fsp3) is 0.250. The summed E-state index contributed by atoms with van der Waals surface area (Å²) >= 11 is 0. The van der Waals surface area contributed by atoms with E-state index in [0.717, 1.165) is 6.42 Å². The van der Waals surface area contributed by atoms with Gasteiger partial charge in [0.05, 0.1) is 0 Å². The average Bonchev–Trinajstić information content (AvgIpc) is 2.68. The highest BCUT2D eigenvalue weighted by molar-refractivity contribution is 5.58. The molecule has 86 valence electrons. The summed E-state index contributed by atoms with van der Waals surface area (Å²) in [5.41, 5.74) is 4.31. The topological polar surface area (TPSA) is 3.24 Å². The van der Waals surface area contributed by atoms with Gasteiger partial charge in [0.15, 0.2) is 0 Å². The van der Waals surface area contributed by atoms with Crippen LogP contribution in [0.5, 0.6) is 0 Å². The van der Waals surface area contributed by atoms with Gasteiger partial charge in [0.1, 0.15) is 0 Å². The molecule has 0 saturated carbocycles. The number of hydrogen-bond acceptors (Lipinski definition) is 1. The van der Waals surface area contributed by atoms with Crippen molar-refractivity contribution in [2.75, 3.05) is 11.9 Å². The number of hydrogen-bond donors (Lipinski definition) is 0. The number of para-hydroxylation sites is 1. The summed E-state index contributed by atoms with van der Waals surface area (Å²) in [6, 6.07) is 20.1. The summed E-state index contributed by atoms with van der Waals surface area (Å²) in [6.07, 6.45) is 2.30. The van der Waals surface area contributed by atoms with Crippen LogP contribution < -0.4 is 4.90 Å². The smallest absolute Gasteiger partial charge is 0.0399 e. The first-order valence-electron chi connectivity index (χ1n) is 6.19. The zero-order chi connectivity index (χ0) is 11.7. The molecule has 1 nitrogen and oxygen atoms in total. The fourth-order valence-electron chi connectivity index (χ4n) is 2.71. The lowest BCUT2D eigenvalue weighted by Crippen LogP contribution is -2.29. The van der Waals surface area contributed by atoms with Crippen LogP contribution >= 0.6 is 0 Å². The normalized spacial score (nSPS) is 18.2. The second-order valence-corrected chi connectivity index (χ2v) is 4.79. The minimum atomic E-state index is 0.606. The second kappa shape index (κ2) is 4.25. The number of anilines is 1. The van der Waals surface area contributed by atoms with Gasteiger partial charge >= 0.3 is 0 Å². The lowest BCUT2D eigenvalue weighted by atomic mass is 10.0. The Kier molecular flexibility index (Phi) is 2.60. The number of likely N-dealkylation sites (N-methyl/N-ethyl adjacent to an activating group) is 1. The highest BCUT2D eigenvalue weighted by Gasteiger charge is 2.25. The maximum Gasteiger partial charge on any atom is 0.0399 e. The van der Waals surface area contributed by atoms with Crippen LogP contribution in [0.4, 0.5) is 5.69 Å². The molecular formula is C16H17N. The monoisotopic (exact) mass is 223 g/mol. The van der Waals surface area contributed by atoms with Gasteiger partial charge in [-0.25, -0.2) is 0 Å². The zero-order valence-electron chi connectivity index (χ0n) is 10.1. The lowest BCUT2D eigenvalue weighted by Gasteiger charge is -2.22. The van der Waals surface area contributed by atoms with Crippen LogP contribution in [-0.4, -0.2) is 13.1 Å². The molecule has 0 bridgehead atoms. The third kappa shape index (κ3) is 1.93. The van der Waals surface area contributed by atoms with E-state index in [1.807, 2.05) is 0 Å². The van der Waals surface area contributed by atoms with Crippen molar-refractivity contribution in [2.24, 2.45) is 0 Å². The molecule has 2 aromatic carbocycles. The molecule has 0 fully saturated rings. The first-order valence-corrected chi connectivity index (χ1v) is 6.19. The molecule has 0 aliphatic carbocycles. The Hall–Kier alpha value is -1.76. The largest absolute Gasteiger partial charge is 0.371 e. The van der Waals surface area contributed by atoms with Crippen molar-refractivity contribution < 1.29 is 0 Å². The van der Waals surface area contributed by atoms with Gasteiger partial charge in [0.25, 0.3) is 0 Å². The third-order valence-corrected chi connectivity index (χ3v) is 3.69. The molecule has 1 heterocycles. The number of fused-ring (bicyclic) bond motifs is 1. The summed E-state index contributed by atoms with van der Waals surface area (Å²) < 4.78 is 0. The summed E-state index contributed by atoms with van der Waals surface area (Å²) in [4.78, 5) is 2.42. The molecule has 0 radical (unpaired) electrons. The van der Waals surface area contributed by atoms with Crippen LogP contribution in [0.25, 0.3) is 0 Å². The molecule has 1 atom stereocenters. The van der Waals surface area contributed by atoms with Crippen molar-refractivity contribution in [3.05, 3.63) is 65.7 Å². The quantitative estimate of drug-likeness (QED) is 0.755. The molecule has 1 aliphatic heterocycles. The van der Waals surface area contributed by atoms with Crippen molar-refractivity contribution in [3.63, 3.8) is 0 Å². The molecule has 17 heavy (non-hydrogen) atoms. The van der Waals surface area contributed by atoms with Gasteiger partial charge in [-0.05, 0) is 30.0 Å². The summed E-state index contributed by atoms with van der Waals surface area (Å²) in [6.45, 7) is 0. The molecule has 3 rings (SSSR count). The Bertz CT molecular complexity index is 504. The maximum atomic E-state index is 2.42. The first-order chi connectivity index (χ1) is 8.34. The Morgan fingerprint density at radius 1 is 1.00 bits per heavy atom. The van der Waals surface area contributed by atoms with Gasteiger partial charge < -0.3 is 4.90 Å².